The normalized spacial score (nSPS) is 13.9. The van der Waals surface area contributed by atoms with Crippen molar-refractivity contribution in [2.75, 3.05) is 11.9 Å². The lowest BCUT2D eigenvalue weighted by atomic mass is 10.0. The third-order valence-electron chi connectivity index (χ3n) is 4.58. The molecule has 0 saturated heterocycles. The zero-order valence-electron chi connectivity index (χ0n) is 14.0. The highest BCUT2D eigenvalue weighted by Crippen LogP contribution is 2.39. The number of nitrogens with one attached hydrogen (secondary N) is 1. The molecule has 0 unspecified atom stereocenters. The molecule has 2 aromatic carbocycles. The van der Waals surface area contributed by atoms with Crippen LogP contribution in [0.25, 0.3) is 16.9 Å². The Morgan fingerprint density at radius 3 is 2.76 bits per heavy atom. The average molecular weight is 372 g/mol. The lowest BCUT2D eigenvalue weighted by molar-refractivity contribution is 0.780. The standard InChI is InChI=1S/C20H19Cl2N3/c1-13-6-4-7-14(12-13)25-20-16(8-2-3-11-23-20)19(24-25)15-9-5-10-17(21)18(15)22/h4-7,9-10,12,23H,2-3,8,11H2,1H3. The molecule has 5 heteroatoms. The fourth-order valence-corrected chi connectivity index (χ4v) is 3.74. The van der Waals surface area contributed by atoms with Crippen LogP contribution in [-0.2, 0) is 6.42 Å². The molecule has 0 spiro atoms. The smallest absolute Gasteiger partial charge is 0.133 e. The Balaban J connectivity index is 1.95. The number of hydrogen-bond acceptors (Lipinski definition) is 2. The van der Waals surface area contributed by atoms with Gasteiger partial charge in [0.2, 0.25) is 0 Å². The van der Waals surface area contributed by atoms with E-state index in [-0.39, 0.29) is 0 Å². The van der Waals surface area contributed by atoms with Crippen molar-refractivity contribution in [3.05, 3.63) is 63.6 Å². The van der Waals surface area contributed by atoms with E-state index < -0.39 is 0 Å². The van der Waals surface area contributed by atoms with Crippen LogP contribution < -0.4 is 5.32 Å². The van der Waals surface area contributed by atoms with E-state index >= 15 is 0 Å². The van der Waals surface area contributed by atoms with Gasteiger partial charge in [-0.25, -0.2) is 4.68 Å². The molecule has 1 aromatic heterocycles. The summed E-state index contributed by atoms with van der Waals surface area (Å²) in [4.78, 5) is 0. The molecule has 2 heterocycles. The van der Waals surface area contributed by atoms with Crippen molar-refractivity contribution in [2.24, 2.45) is 0 Å². The first-order valence-corrected chi connectivity index (χ1v) is 9.28. The highest BCUT2D eigenvalue weighted by atomic mass is 35.5. The number of aromatic nitrogens is 2. The maximum atomic E-state index is 6.49. The van der Waals surface area contributed by atoms with Gasteiger partial charge in [-0.3, -0.25) is 0 Å². The predicted molar refractivity (Wildman–Crippen MR) is 105 cm³/mol. The minimum absolute atomic E-state index is 0.555. The van der Waals surface area contributed by atoms with Crippen LogP contribution in [0, 0.1) is 6.92 Å². The SMILES string of the molecule is Cc1cccc(-n2nc(-c3cccc(Cl)c3Cl)c3c2NCCCC3)c1. The molecule has 1 N–H and O–H groups in total. The summed E-state index contributed by atoms with van der Waals surface area (Å²) in [5.41, 5.74) is 5.27. The van der Waals surface area contributed by atoms with Crippen molar-refractivity contribution in [1.82, 2.24) is 9.78 Å². The maximum absolute atomic E-state index is 6.49. The molecular formula is C20H19Cl2N3. The van der Waals surface area contributed by atoms with Gasteiger partial charge in [0.15, 0.2) is 0 Å². The highest BCUT2D eigenvalue weighted by Gasteiger charge is 2.23. The van der Waals surface area contributed by atoms with Gasteiger partial charge in [0, 0.05) is 17.7 Å². The summed E-state index contributed by atoms with van der Waals surface area (Å²) in [7, 11) is 0. The average Bonchev–Trinajstić information content (AvgIpc) is 2.79. The summed E-state index contributed by atoms with van der Waals surface area (Å²) in [6, 6.07) is 14.1. The van der Waals surface area contributed by atoms with Crippen LogP contribution in [0.15, 0.2) is 42.5 Å². The first-order valence-electron chi connectivity index (χ1n) is 8.52. The molecule has 25 heavy (non-hydrogen) atoms. The van der Waals surface area contributed by atoms with Gasteiger partial charge < -0.3 is 5.32 Å². The fraction of sp³-hybridized carbons (Fsp3) is 0.250. The predicted octanol–water partition coefficient (Wildman–Crippen LogP) is 5.90. The molecule has 0 radical (unpaired) electrons. The van der Waals surface area contributed by atoms with Gasteiger partial charge in [-0.2, -0.15) is 5.10 Å². The topological polar surface area (TPSA) is 29.9 Å². The van der Waals surface area contributed by atoms with Crippen molar-refractivity contribution < 1.29 is 0 Å². The molecular weight excluding hydrogens is 353 g/mol. The highest BCUT2D eigenvalue weighted by molar-refractivity contribution is 6.43. The molecule has 128 valence electrons. The molecule has 0 bridgehead atoms. The van der Waals surface area contributed by atoms with Gasteiger partial charge in [-0.05, 0) is 49.9 Å². The van der Waals surface area contributed by atoms with Crippen LogP contribution in [0.1, 0.15) is 24.0 Å². The third kappa shape index (κ3) is 3.03. The number of rotatable bonds is 2. The van der Waals surface area contributed by atoms with E-state index in [1.807, 2.05) is 22.9 Å². The van der Waals surface area contributed by atoms with E-state index in [1.165, 1.54) is 11.1 Å². The lowest BCUT2D eigenvalue weighted by Crippen LogP contribution is -2.07. The van der Waals surface area contributed by atoms with Gasteiger partial charge in [-0.1, -0.05) is 47.5 Å². The van der Waals surface area contributed by atoms with Crippen LogP contribution in [0.3, 0.4) is 0 Å². The van der Waals surface area contributed by atoms with Crippen molar-refractivity contribution >= 4 is 29.0 Å². The summed E-state index contributed by atoms with van der Waals surface area (Å²) in [5.74, 6) is 1.06. The molecule has 0 fully saturated rings. The Kier molecular flexibility index (Phi) is 4.45. The largest absolute Gasteiger partial charge is 0.370 e. The second-order valence-corrected chi connectivity index (χ2v) is 7.20. The Morgan fingerprint density at radius 2 is 1.92 bits per heavy atom. The molecule has 3 aromatic rings. The molecule has 0 amide bonds. The van der Waals surface area contributed by atoms with E-state index in [2.05, 4.69) is 36.5 Å². The van der Waals surface area contributed by atoms with E-state index in [0.29, 0.717) is 10.0 Å². The number of fused-ring (bicyclic) bond motifs is 1. The molecule has 0 saturated carbocycles. The molecule has 1 aliphatic rings. The second-order valence-electron chi connectivity index (χ2n) is 6.41. The second kappa shape index (κ2) is 6.74. The van der Waals surface area contributed by atoms with Crippen LogP contribution >= 0.6 is 23.2 Å². The van der Waals surface area contributed by atoms with Gasteiger partial charge >= 0.3 is 0 Å². The monoisotopic (exact) mass is 371 g/mol. The molecule has 3 nitrogen and oxygen atoms in total. The minimum Gasteiger partial charge on any atom is -0.370 e. The Hall–Kier alpha value is -1.97. The number of anilines is 1. The van der Waals surface area contributed by atoms with Crippen LogP contribution in [0.5, 0.6) is 0 Å². The van der Waals surface area contributed by atoms with E-state index in [4.69, 9.17) is 28.3 Å². The summed E-state index contributed by atoms with van der Waals surface area (Å²) in [5, 5.41) is 9.60. The van der Waals surface area contributed by atoms with E-state index in [0.717, 1.165) is 48.6 Å². The number of hydrogen-bond donors (Lipinski definition) is 1. The van der Waals surface area contributed by atoms with Crippen molar-refractivity contribution in [3.63, 3.8) is 0 Å². The minimum atomic E-state index is 0.555. The molecule has 1 aliphatic heterocycles. The number of halogens is 2. The number of benzene rings is 2. The Labute approximate surface area is 157 Å². The fourth-order valence-electron chi connectivity index (χ4n) is 3.35. The maximum Gasteiger partial charge on any atom is 0.133 e. The van der Waals surface area contributed by atoms with E-state index in [9.17, 15) is 0 Å². The van der Waals surface area contributed by atoms with Gasteiger partial charge in [-0.15, -0.1) is 0 Å². The number of aryl methyl sites for hydroxylation is 1. The Bertz CT molecular complexity index is 931. The van der Waals surface area contributed by atoms with Gasteiger partial charge in [0.05, 0.1) is 21.4 Å². The van der Waals surface area contributed by atoms with E-state index in [1.54, 1.807) is 0 Å². The first kappa shape index (κ1) is 16.5. The van der Waals surface area contributed by atoms with Crippen molar-refractivity contribution in [3.8, 4) is 16.9 Å². The summed E-state index contributed by atoms with van der Waals surface area (Å²) >= 11 is 12.7. The lowest BCUT2D eigenvalue weighted by Gasteiger charge is -2.09. The zero-order chi connectivity index (χ0) is 17.4. The summed E-state index contributed by atoms with van der Waals surface area (Å²) < 4.78 is 2.00. The van der Waals surface area contributed by atoms with Crippen LogP contribution in [0.4, 0.5) is 5.82 Å². The number of nitrogens with zero attached hydrogens (tertiary/aromatic N) is 2. The summed E-state index contributed by atoms with van der Waals surface area (Å²) in [6.45, 7) is 3.04. The molecule has 0 aliphatic carbocycles. The molecule has 4 rings (SSSR count). The van der Waals surface area contributed by atoms with Crippen LogP contribution in [-0.4, -0.2) is 16.3 Å². The zero-order valence-corrected chi connectivity index (χ0v) is 15.5. The summed E-state index contributed by atoms with van der Waals surface area (Å²) in [6.07, 6.45) is 3.25. The Morgan fingerprint density at radius 1 is 1.08 bits per heavy atom. The molecule has 0 atom stereocenters. The third-order valence-corrected chi connectivity index (χ3v) is 5.40. The van der Waals surface area contributed by atoms with Gasteiger partial charge in [0.1, 0.15) is 5.82 Å². The van der Waals surface area contributed by atoms with Crippen molar-refractivity contribution in [2.45, 2.75) is 26.2 Å². The van der Waals surface area contributed by atoms with Gasteiger partial charge in [0.25, 0.3) is 0 Å². The first-order chi connectivity index (χ1) is 12.1. The quantitative estimate of drug-likeness (QED) is 0.607. The van der Waals surface area contributed by atoms with Crippen molar-refractivity contribution in [1.29, 1.82) is 0 Å². The van der Waals surface area contributed by atoms with Crippen LogP contribution in [0.2, 0.25) is 10.0 Å².